The van der Waals surface area contributed by atoms with E-state index in [1.54, 1.807) is 12.3 Å². The molecule has 2 heterocycles. The molecule has 0 saturated heterocycles. The van der Waals surface area contributed by atoms with E-state index in [1.807, 2.05) is 23.5 Å². The van der Waals surface area contributed by atoms with Crippen molar-refractivity contribution >= 4 is 37.2 Å². The van der Waals surface area contributed by atoms with Gasteiger partial charge in [-0.3, -0.25) is 4.98 Å². The van der Waals surface area contributed by atoms with Crippen LogP contribution in [0.25, 0.3) is 58.5 Å². The van der Waals surface area contributed by atoms with Crippen molar-refractivity contribution < 1.29 is 0 Å². The molecule has 0 bridgehead atoms. The van der Waals surface area contributed by atoms with E-state index in [1.165, 1.54) is 36.9 Å². The zero-order valence-electron chi connectivity index (χ0n) is 17.7. The van der Waals surface area contributed by atoms with Gasteiger partial charge in [0.05, 0.1) is 12.3 Å². The molecule has 0 aliphatic heterocycles. The molecule has 6 aromatic rings. The lowest BCUT2D eigenvalue weighted by molar-refractivity contribution is 1.33. The van der Waals surface area contributed by atoms with Gasteiger partial charge in [0.15, 0.2) is 5.69 Å². The Morgan fingerprint density at radius 3 is 1.94 bits per heavy atom. The number of nitrogens with zero attached hydrogens (tertiary/aromatic N) is 2. The topological polar surface area (TPSA) is 17.2 Å². The molecule has 3 heteroatoms. The number of fused-ring (bicyclic) bond motifs is 3. The van der Waals surface area contributed by atoms with Crippen molar-refractivity contribution in [1.82, 2.24) is 4.98 Å². The average molecular weight is 439 g/mol. The molecule has 0 saturated carbocycles. The quantitative estimate of drug-likeness (QED) is 0.252. The highest BCUT2D eigenvalue weighted by Gasteiger charge is 2.09. The number of hydrogen-bond donors (Lipinski definition) is 0. The summed E-state index contributed by atoms with van der Waals surface area (Å²) in [5, 5.41) is 2.59. The first-order valence-corrected chi connectivity index (χ1v) is 11.6. The van der Waals surface area contributed by atoms with Gasteiger partial charge in [0.25, 0.3) is 0 Å². The van der Waals surface area contributed by atoms with Gasteiger partial charge >= 0.3 is 0 Å². The molecule has 0 N–H and O–H groups in total. The van der Waals surface area contributed by atoms with E-state index in [9.17, 15) is 0 Å². The number of aromatic nitrogens is 1. The molecule has 2 aromatic heterocycles. The fourth-order valence-corrected chi connectivity index (χ4v) is 5.46. The summed E-state index contributed by atoms with van der Waals surface area (Å²) in [7, 11) is 0. The number of benzene rings is 4. The predicted octanol–water partition coefficient (Wildman–Crippen LogP) is 9.00. The molecule has 0 atom stereocenters. The Morgan fingerprint density at radius 2 is 1.21 bits per heavy atom. The van der Waals surface area contributed by atoms with Crippen molar-refractivity contribution in [2.24, 2.45) is 0 Å². The van der Waals surface area contributed by atoms with E-state index in [0.29, 0.717) is 5.69 Å². The van der Waals surface area contributed by atoms with Crippen molar-refractivity contribution in [1.29, 1.82) is 0 Å². The van der Waals surface area contributed by atoms with Gasteiger partial charge in [-0.2, -0.15) is 0 Å². The lowest BCUT2D eigenvalue weighted by atomic mass is 9.99. The maximum atomic E-state index is 7.26. The third-order valence-electron chi connectivity index (χ3n) is 5.94. The third-order valence-corrected chi connectivity index (χ3v) is 7.06. The van der Waals surface area contributed by atoms with E-state index >= 15 is 0 Å². The minimum absolute atomic E-state index is 0.604. The molecule has 154 valence electrons. The van der Waals surface area contributed by atoms with Crippen molar-refractivity contribution in [2.75, 3.05) is 0 Å². The maximum absolute atomic E-state index is 7.26. The van der Waals surface area contributed by atoms with E-state index in [4.69, 9.17) is 6.57 Å². The van der Waals surface area contributed by atoms with Gasteiger partial charge in [0.2, 0.25) is 0 Å². The molecule has 0 amide bonds. The van der Waals surface area contributed by atoms with Crippen LogP contribution in [0, 0.1) is 6.57 Å². The van der Waals surface area contributed by atoms with Gasteiger partial charge in [0.1, 0.15) is 0 Å². The SMILES string of the molecule is [C-]#[N+]c1ccnc(-c2cccc(-c3ccc4c(c3)sc3cc(-c5ccccc5)ccc34)c2)c1. The highest BCUT2D eigenvalue weighted by molar-refractivity contribution is 7.25. The highest BCUT2D eigenvalue weighted by Crippen LogP contribution is 2.38. The second-order valence-electron chi connectivity index (χ2n) is 7.98. The lowest BCUT2D eigenvalue weighted by Crippen LogP contribution is -1.84. The van der Waals surface area contributed by atoms with Crippen molar-refractivity contribution in [3.63, 3.8) is 0 Å². The Balaban J connectivity index is 1.42. The molecule has 2 nitrogen and oxygen atoms in total. The molecular weight excluding hydrogens is 420 g/mol. The number of pyridine rings is 1. The molecule has 4 aromatic carbocycles. The molecular formula is C30H18N2S. The number of thiophene rings is 1. The molecule has 0 fully saturated rings. The van der Waals surface area contributed by atoms with Crippen LogP contribution in [0.1, 0.15) is 0 Å². The molecule has 0 radical (unpaired) electrons. The zero-order chi connectivity index (χ0) is 22.2. The fourth-order valence-electron chi connectivity index (χ4n) is 4.27. The van der Waals surface area contributed by atoms with E-state index < -0.39 is 0 Å². The summed E-state index contributed by atoms with van der Waals surface area (Å²) in [4.78, 5) is 7.99. The molecule has 33 heavy (non-hydrogen) atoms. The first-order valence-electron chi connectivity index (χ1n) is 10.7. The molecule has 0 unspecified atom stereocenters. The Kier molecular flexibility index (Phi) is 4.72. The van der Waals surface area contributed by atoms with Crippen molar-refractivity contribution in [3.8, 4) is 33.5 Å². The summed E-state index contributed by atoms with van der Waals surface area (Å²) in [6, 6.07) is 35.9. The summed E-state index contributed by atoms with van der Waals surface area (Å²) in [6.07, 6.45) is 1.70. The predicted molar refractivity (Wildman–Crippen MR) is 140 cm³/mol. The Morgan fingerprint density at radius 1 is 0.576 bits per heavy atom. The monoisotopic (exact) mass is 438 g/mol. The molecule has 0 aliphatic carbocycles. The van der Waals surface area contributed by atoms with Gasteiger partial charge in [-0.25, -0.2) is 4.85 Å². The van der Waals surface area contributed by atoms with Crippen LogP contribution < -0.4 is 0 Å². The third kappa shape index (κ3) is 3.57. The van der Waals surface area contributed by atoms with Gasteiger partial charge in [-0.15, -0.1) is 11.3 Å². The second kappa shape index (κ2) is 8.02. The van der Waals surface area contributed by atoms with Gasteiger partial charge in [0, 0.05) is 26.4 Å². The van der Waals surface area contributed by atoms with Crippen LogP contribution in [0.4, 0.5) is 5.69 Å². The van der Waals surface area contributed by atoms with Crippen molar-refractivity contribution in [2.45, 2.75) is 0 Å². The molecule has 0 spiro atoms. The minimum Gasteiger partial charge on any atom is -0.259 e. The van der Waals surface area contributed by atoms with Crippen LogP contribution in [-0.2, 0) is 0 Å². The van der Waals surface area contributed by atoms with Crippen LogP contribution in [0.15, 0.2) is 109 Å². The van der Waals surface area contributed by atoms with Gasteiger partial charge in [-0.05, 0) is 58.1 Å². The van der Waals surface area contributed by atoms with Crippen LogP contribution in [0.2, 0.25) is 0 Å². The summed E-state index contributed by atoms with van der Waals surface area (Å²) >= 11 is 1.84. The number of hydrogen-bond acceptors (Lipinski definition) is 2. The molecule has 0 aliphatic rings. The summed E-state index contributed by atoms with van der Waals surface area (Å²) in [5.74, 6) is 0. The molecule has 6 rings (SSSR count). The first-order chi connectivity index (χ1) is 16.3. The van der Waals surface area contributed by atoms with E-state index in [0.717, 1.165) is 16.8 Å². The maximum Gasteiger partial charge on any atom is 0.190 e. The minimum atomic E-state index is 0.604. The van der Waals surface area contributed by atoms with Gasteiger partial charge in [-0.1, -0.05) is 72.8 Å². The van der Waals surface area contributed by atoms with Crippen LogP contribution in [0.3, 0.4) is 0 Å². The Labute approximate surface area is 196 Å². The first kappa shape index (κ1) is 19.4. The second-order valence-corrected chi connectivity index (χ2v) is 9.07. The zero-order valence-corrected chi connectivity index (χ0v) is 18.5. The largest absolute Gasteiger partial charge is 0.259 e. The Hall–Kier alpha value is -4.26. The van der Waals surface area contributed by atoms with Crippen molar-refractivity contribution in [3.05, 3.63) is 121 Å². The van der Waals surface area contributed by atoms with Crippen LogP contribution in [-0.4, -0.2) is 4.98 Å². The van der Waals surface area contributed by atoms with E-state index in [-0.39, 0.29) is 0 Å². The average Bonchev–Trinajstić information content (AvgIpc) is 3.26. The lowest BCUT2D eigenvalue weighted by Gasteiger charge is -2.06. The van der Waals surface area contributed by atoms with Crippen LogP contribution in [0.5, 0.6) is 0 Å². The van der Waals surface area contributed by atoms with Gasteiger partial charge < -0.3 is 0 Å². The smallest absolute Gasteiger partial charge is 0.190 e. The number of rotatable bonds is 3. The van der Waals surface area contributed by atoms with Crippen LogP contribution >= 0.6 is 11.3 Å². The standard InChI is InChI=1S/C30H18N2S/c1-31-25-14-15-32-28(19-25)24-9-5-8-21(16-24)23-11-13-27-26-12-10-22(20-6-3-2-4-7-20)17-29(26)33-30(27)18-23/h2-19H. The Bertz CT molecular complexity index is 1670. The summed E-state index contributed by atoms with van der Waals surface area (Å²) in [6.45, 7) is 7.26. The summed E-state index contributed by atoms with van der Waals surface area (Å²) in [5.41, 5.74) is 7.25. The fraction of sp³-hybridized carbons (Fsp3) is 0. The summed E-state index contributed by atoms with van der Waals surface area (Å²) < 4.78 is 2.59. The van der Waals surface area contributed by atoms with E-state index in [2.05, 4.69) is 94.8 Å². The normalized spacial score (nSPS) is 11.0. The highest BCUT2D eigenvalue weighted by atomic mass is 32.1.